The summed E-state index contributed by atoms with van der Waals surface area (Å²) in [4.78, 5) is 47.5. The highest BCUT2D eigenvalue weighted by atomic mass is 16.6. The number of amides is 3. The van der Waals surface area contributed by atoms with Gasteiger partial charge < -0.3 is 25.6 Å². The van der Waals surface area contributed by atoms with Crippen molar-refractivity contribution in [1.82, 2.24) is 15.8 Å². The van der Waals surface area contributed by atoms with E-state index in [1.807, 2.05) is 6.07 Å². The van der Waals surface area contributed by atoms with Gasteiger partial charge in [-0.2, -0.15) is 0 Å². The van der Waals surface area contributed by atoms with E-state index < -0.39 is 42.8 Å². The first-order chi connectivity index (χ1) is 13.6. The smallest absolute Gasteiger partial charge is 0.436 e. The molecule has 29 heavy (non-hydrogen) atoms. The van der Waals surface area contributed by atoms with Crippen LogP contribution >= 0.6 is 0 Å². The number of carbonyl (C=O) groups is 4. The van der Waals surface area contributed by atoms with Gasteiger partial charge in [0.15, 0.2) is 6.04 Å². The number of aliphatic hydroxyl groups excluding tert-OH is 1. The van der Waals surface area contributed by atoms with Crippen molar-refractivity contribution in [2.24, 2.45) is 11.7 Å². The minimum Gasteiger partial charge on any atom is -0.443 e. The lowest BCUT2D eigenvalue weighted by atomic mass is 10.0. The van der Waals surface area contributed by atoms with E-state index in [1.165, 1.54) is 0 Å². The summed E-state index contributed by atoms with van der Waals surface area (Å²) in [6.45, 7) is 2.58. The van der Waals surface area contributed by atoms with Crippen LogP contribution in [0.25, 0.3) is 0 Å². The number of hydrogen-bond donors (Lipinski definition) is 4. The SMILES string of the molecule is CC(C)[C@H](N)C(=O)N[C@@H](CO)C(=O)OC(=O)N(C)NC(=O)OCc1ccccc1. The second-order valence-electron chi connectivity index (χ2n) is 6.43. The molecule has 1 aromatic rings. The predicted molar refractivity (Wildman–Crippen MR) is 101 cm³/mol. The fourth-order valence-corrected chi connectivity index (χ4v) is 1.91. The van der Waals surface area contributed by atoms with E-state index in [0.717, 1.165) is 12.6 Å². The van der Waals surface area contributed by atoms with E-state index in [-0.39, 0.29) is 12.5 Å². The molecule has 160 valence electrons. The maximum Gasteiger partial charge on any atom is 0.436 e. The average Bonchev–Trinajstić information content (AvgIpc) is 2.70. The summed E-state index contributed by atoms with van der Waals surface area (Å²) >= 11 is 0. The van der Waals surface area contributed by atoms with Crippen molar-refractivity contribution in [2.75, 3.05) is 13.7 Å². The molecular weight excluding hydrogens is 384 g/mol. The minimum atomic E-state index is -1.49. The van der Waals surface area contributed by atoms with Gasteiger partial charge in [0, 0.05) is 7.05 Å². The number of hydrogen-bond acceptors (Lipinski definition) is 8. The van der Waals surface area contributed by atoms with Crippen LogP contribution in [0.5, 0.6) is 0 Å². The van der Waals surface area contributed by atoms with E-state index in [0.29, 0.717) is 5.01 Å². The largest absolute Gasteiger partial charge is 0.443 e. The van der Waals surface area contributed by atoms with E-state index in [1.54, 1.807) is 38.1 Å². The number of nitrogens with zero attached hydrogens (tertiary/aromatic N) is 1. The highest BCUT2D eigenvalue weighted by Gasteiger charge is 2.28. The van der Waals surface area contributed by atoms with Gasteiger partial charge in [0.1, 0.15) is 6.61 Å². The van der Waals surface area contributed by atoms with Crippen LogP contribution < -0.4 is 16.5 Å². The third-order valence-electron chi connectivity index (χ3n) is 3.74. The lowest BCUT2D eigenvalue weighted by molar-refractivity contribution is -0.144. The summed E-state index contributed by atoms with van der Waals surface area (Å²) < 4.78 is 9.46. The topological polar surface area (TPSA) is 160 Å². The Bertz CT molecular complexity index is 711. The zero-order valence-corrected chi connectivity index (χ0v) is 16.5. The number of nitrogens with one attached hydrogen (secondary N) is 2. The molecule has 0 fully saturated rings. The Kier molecular flexibility index (Phi) is 9.56. The summed E-state index contributed by atoms with van der Waals surface area (Å²) in [5.74, 6) is -2.10. The molecule has 0 spiro atoms. The number of aliphatic hydroxyl groups is 1. The third-order valence-corrected chi connectivity index (χ3v) is 3.74. The monoisotopic (exact) mass is 410 g/mol. The molecule has 0 saturated carbocycles. The highest BCUT2D eigenvalue weighted by Crippen LogP contribution is 2.02. The number of ether oxygens (including phenoxy) is 2. The van der Waals surface area contributed by atoms with Crippen molar-refractivity contribution in [3.63, 3.8) is 0 Å². The van der Waals surface area contributed by atoms with Gasteiger partial charge in [0.25, 0.3) is 0 Å². The molecule has 11 heteroatoms. The molecule has 2 atom stereocenters. The molecule has 0 radical (unpaired) electrons. The van der Waals surface area contributed by atoms with Crippen LogP contribution in [0.4, 0.5) is 9.59 Å². The van der Waals surface area contributed by atoms with Crippen molar-refractivity contribution in [2.45, 2.75) is 32.5 Å². The van der Waals surface area contributed by atoms with E-state index >= 15 is 0 Å². The summed E-state index contributed by atoms with van der Waals surface area (Å²) in [6, 6.07) is 6.46. The Labute approximate surface area is 168 Å². The second kappa shape index (κ2) is 11.6. The Morgan fingerprint density at radius 1 is 1.17 bits per heavy atom. The molecule has 1 rings (SSSR count). The highest BCUT2D eigenvalue weighted by molar-refractivity contribution is 5.92. The van der Waals surface area contributed by atoms with Crippen molar-refractivity contribution >= 4 is 24.1 Å². The van der Waals surface area contributed by atoms with Crippen molar-refractivity contribution in [3.8, 4) is 0 Å². The standard InChI is InChI=1S/C18H26N4O7/c1-11(2)14(19)15(24)20-13(9-23)16(25)29-18(27)22(3)21-17(26)28-10-12-7-5-4-6-8-12/h4-8,11,13-14,23H,9-10,19H2,1-3H3,(H,20,24)(H,21,26)/t13-,14-/m0/s1. The van der Waals surface area contributed by atoms with Gasteiger partial charge in [0.05, 0.1) is 12.6 Å². The quantitative estimate of drug-likeness (QED) is 0.275. The van der Waals surface area contributed by atoms with Crippen LogP contribution in [0.2, 0.25) is 0 Å². The fraction of sp³-hybridized carbons (Fsp3) is 0.444. The van der Waals surface area contributed by atoms with Gasteiger partial charge >= 0.3 is 18.2 Å². The van der Waals surface area contributed by atoms with E-state index in [2.05, 4.69) is 15.5 Å². The van der Waals surface area contributed by atoms with Gasteiger partial charge in [-0.15, -0.1) is 0 Å². The van der Waals surface area contributed by atoms with Crippen LogP contribution in [-0.2, 0) is 25.7 Å². The van der Waals surface area contributed by atoms with Crippen molar-refractivity contribution in [3.05, 3.63) is 35.9 Å². The molecule has 0 aromatic heterocycles. The number of esters is 1. The van der Waals surface area contributed by atoms with Crippen LogP contribution in [0.15, 0.2) is 30.3 Å². The maximum absolute atomic E-state index is 12.0. The maximum atomic E-state index is 12.0. The fourth-order valence-electron chi connectivity index (χ4n) is 1.91. The molecule has 0 bridgehead atoms. The Morgan fingerprint density at radius 3 is 2.34 bits per heavy atom. The zero-order valence-electron chi connectivity index (χ0n) is 16.5. The average molecular weight is 410 g/mol. The molecule has 5 N–H and O–H groups in total. The van der Waals surface area contributed by atoms with Gasteiger partial charge in [-0.25, -0.2) is 24.8 Å². The number of nitrogens with two attached hydrogens (primary N) is 1. The lowest BCUT2D eigenvalue weighted by Crippen LogP contribution is -2.53. The predicted octanol–water partition coefficient (Wildman–Crippen LogP) is -0.117. The zero-order chi connectivity index (χ0) is 22.0. The Hall–Kier alpha value is -3.18. The minimum absolute atomic E-state index is 0.0246. The van der Waals surface area contributed by atoms with Crippen LogP contribution in [0.3, 0.4) is 0 Å². The van der Waals surface area contributed by atoms with Gasteiger partial charge in [-0.1, -0.05) is 44.2 Å². The first kappa shape index (κ1) is 23.9. The third kappa shape index (κ3) is 8.15. The molecule has 0 unspecified atom stereocenters. The van der Waals surface area contributed by atoms with Gasteiger partial charge in [0.2, 0.25) is 5.91 Å². The summed E-state index contributed by atoms with van der Waals surface area (Å²) in [5.41, 5.74) is 8.46. The second-order valence-corrected chi connectivity index (χ2v) is 6.43. The molecule has 11 nitrogen and oxygen atoms in total. The number of benzene rings is 1. The molecule has 0 aliphatic rings. The number of rotatable bonds is 7. The molecule has 3 amide bonds. The van der Waals surface area contributed by atoms with Gasteiger partial charge in [-0.3, -0.25) is 4.79 Å². The van der Waals surface area contributed by atoms with Gasteiger partial charge in [-0.05, 0) is 11.5 Å². The molecule has 1 aromatic carbocycles. The first-order valence-corrected chi connectivity index (χ1v) is 8.79. The Morgan fingerprint density at radius 2 is 1.79 bits per heavy atom. The molecule has 0 saturated heterocycles. The Balaban J connectivity index is 2.49. The van der Waals surface area contributed by atoms with Crippen molar-refractivity contribution < 1.29 is 33.8 Å². The normalized spacial score (nSPS) is 12.5. The molecule has 0 heterocycles. The van der Waals surface area contributed by atoms with E-state index in [9.17, 15) is 24.3 Å². The summed E-state index contributed by atoms with van der Waals surface area (Å²) in [7, 11) is 1.13. The van der Waals surface area contributed by atoms with Crippen LogP contribution in [-0.4, -0.2) is 59.9 Å². The molecule has 0 aliphatic heterocycles. The summed E-state index contributed by atoms with van der Waals surface area (Å²) in [6.07, 6.45) is -2.19. The number of hydrazine groups is 1. The lowest BCUT2D eigenvalue weighted by Gasteiger charge is -2.21. The molecular formula is C18H26N4O7. The summed E-state index contributed by atoms with van der Waals surface area (Å²) in [5, 5.41) is 12.1. The molecule has 0 aliphatic carbocycles. The van der Waals surface area contributed by atoms with Crippen LogP contribution in [0, 0.1) is 5.92 Å². The number of carbonyl (C=O) groups excluding carboxylic acids is 4. The van der Waals surface area contributed by atoms with Crippen molar-refractivity contribution in [1.29, 1.82) is 0 Å². The van der Waals surface area contributed by atoms with E-state index in [4.69, 9.17) is 10.5 Å². The first-order valence-electron chi connectivity index (χ1n) is 8.79. The van der Waals surface area contributed by atoms with Crippen LogP contribution in [0.1, 0.15) is 19.4 Å².